The van der Waals surface area contributed by atoms with E-state index in [0.717, 1.165) is 11.3 Å². The SMILES string of the molecule is CC(/C=C/c1ccc(Cl)cc1)=N\C(=S)NC(N)=S. The minimum Gasteiger partial charge on any atom is -0.376 e. The van der Waals surface area contributed by atoms with E-state index < -0.39 is 0 Å². The smallest absolute Gasteiger partial charge is 0.199 e. The van der Waals surface area contributed by atoms with Gasteiger partial charge in [-0.25, -0.2) is 4.99 Å². The molecular weight excluding hydrogens is 286 g/mol. The molecule has 18 heavy (non-hydrogen) atoms. The molecule has 0 bridgehead atoms. The molecule has 1 aromatic rings. The van der Waals surface area contributed by atoms with E-state index >= 15 is 0 Å². The van der Waals surface area contributed by atoms with Gasteiger partial charge in [-0.3, -0.25) is 0 Å². The average molecular weight is 298 g/mol. The van der Waals surface area contributed by atoms with Gasteiger partial charge >= 0.3 is 0 Å². The zero-order valence-corrected chi connectivity index (χ0v) is 12.1. The number of benzene rings is 1. The largest absolute Gasteiger partial charge is 0.376 e. The third-order valence-electron chi connectivity index (χ3n) is 1.90. The van der Waals surface area contributed by atoms with Gasteiger partial charge in [0.05, 0.1) is 0 Å². The lowest BCUT2D eigenvalue weighted by molar-refractivity contribution is 1.35. The number of nitrogens with one attached hydrogen (secondary N) is 1. The van der Waals surface area contributed by atoms with Crippen LogP contribution in [0.2, 0.25) is 5.02 Å². The van der Waals surface area contributed by atoms with E-state index in [4.69, 9.17) is 29.6 Å². The molecule has 0 spiro atoms. The Morgan fingerprint density at radius 3 is 2.50 bits per heavy atom. The van der Waals surface area contributed by atoms with Gasteiger partial charge in [0.15, 0.2) is 10.2 Å². The molecule has 0 heterocycles. The maximum absolute atomic E-state index is 5.79. The number of thiocarbonyl (C=S) groups is 2. The van der Waals surface area contributed by atoms with Gasteiger partial charge in [0.1, 0.15) is 0 Å². The normalized spacial score (nSPS) is 11.6. The van der Waals surface area contributed by atoms with Crippen LogP contribution in [-0.4, -0.2) is 15.9 Å². The fraction of sp³-hybridized carbons (Fsp3) is 0.0833. The maximum Gasteiger partial charge on any atom is 0.199 e. The maximum atomic E-state index is 5.79. The number of nitrogens with zero attached hydrogens (tertiary/aromatic N) is 1. The standard InChI is InChI=1S/C12H12ClN3S2/c1-8(15-12(18)16-11(14)17)2-3-9-4-6-10(13)7-5-9/h2-7H,1H3,(H3,14,16,17,18)/b3-2+,15-8+. The van der Waals surface area contributed by atoms with Crippen molar-refractivity contribution in [1.29, 1.82) is 0 Å². The fourth-order valence-corrected chi connectivity index (χ4v) is 1.66. The number of halogens is 1. The summed E-state index contributed by atoms with van der Waals surface area (Å²) in [5, 5.41) is 3.65. The molecule has 6 heteroatoms. The molecule has 0 unspecified atom stereocenters. The fourth-order valence-electron chi connectivity index (χ4n) is 1.12. The average Bonchev–Trinajstić information content (AvgIpc) is 2.27. The first-order valence-corrected chi connectivity index (χ1v) is 6.26. The monoisotopic (exact) mass is 297 g/mol. The van der Waals surface area contributed by atoms with Crippen molar-refractivity contribution in [3.05, 3.63) is 40.9 Å². The molecule has 0 saturated heterocycles. The van der Waals surface area contributed by atoms with Gasteiger partial charge in [-0.15, -0.1) is 0 Å². The van der Waals surface area contributed by atoms with E-state index in [9.17, 15) is 0 Å². The highest BCUT2D eigenvalue weighted by Crippen LogP contribution is 2.10. The van der Waals surface area contributed by atoms with Gasteiger partial charge in [-0.1, -0.05) is 29.8 Å². The van der Waals surface area contributed by atoms with Gasteiger partial charge in [-0.05, 0) is 55.1 Å². The summed E-state index contributed by atoms with van der Waals surface area (Å²) in [6.07, 6.45) is 3.76. The van der Waals surface area contributed by atoms with Crippen molar-refractivity contribution in [2.24, 2.45) is 10.7 Å². The highest BCUT2D eigenvalue weighted by Gasteiger charge is 1.94. The van der Waals surface area contributed by atoms with Crippen LogP contribution < -0.4 is 11.1 Å². The zero-order valence-electron chi connectivity index (χ0n) is 9.68. The third-order valence-corrected chi connectivity index (χ3v) is 2.44. The molecule has 0 aliphatic carbocycles. The molecule has 3 N–H and O–H groups in total. The Morgan fingerprint density at radius 2 is 1.94 bits per heavy atom. The number of aliphatic imine (C=N–C) groups is 1. The van der Waals surface area contributed by atoms with Crippen LogP contribution in [0, 0.1) is 0 Å². The van der Waals surface area contributed by atoms with Crippen LogP contribution >= 0.6 is 36.0 Å². The van der Waals surface area contributed by atoms with Gasteiger partial charge in [-0.2, -0.15) is 0 Å². The van der Waals surface area contributed by atoms with Crippen LogP contribution in [0.1, 0.15) is 12.5 Å². The summed E-state index contributed by atoms with van der Waals surface area (Å²) < 4.78 is 0. The first-order valence-electron chi connectivity index (χ1n) is 5.07. The molecular formula is C12H12ClN3S2. The number of nitrogens with two attached hydrogens (primary N) is 1. The molecule has 0 aliphatic rings. The van der Waals surface area contributed by atoms with E-state index in [0.29, 0.717) is 5.02 Å². The second kappa shape index (κ2) is 7.20. The van der Waals surface area contributed by atoms with Crippen LogP contribution in [0.15, 0.2) is 35.3 Å². The van der Waals surface area contributed by atoms with Crippen LogP contribution in [0.5, 0.6) is 0 Å². The number of allylic oxidation sites excluding steroid dienone is 1. The number of rotatable bonds is 2. The third kappa shape index (κ3) is 5.86. The molecule has 0 radical (unpaired) electrons. The second-order valence-electron chi connectivity index (χ2n) is 3.43. The van der Waals surface area contributed by atoms with Gasteiger partial charge in [0.25, 0.3) is 0 Å². The molecule has 0 atom stereocenters. The topological polar surface area (TPSA) is 50.4 Å². The molecule has 0 fully saturated rings. The summed E-state index contributed by atoms with van der Waals surface area (Å²) in [7, 11) is 0. The van der Waals surface area contributed by atoms with Crippen LogP contribution in [-0.2, 0) is 0 Å². The van der Waals surface area contributed by atoms with Crippen molar-refractivity contribution >= 4 is 58.0 Å². The second-order valence-corrected chi connectivity index (χ2v) is 4.70. The molecule has 1 aromatic carbocycles. The Morgan fingerprint density at radius 1 is 1.33 bits per heavy atom. The van der Waals surface area contributed by atoms with Crippen molar-refractivity contribution in [3.8, 4) is 0 Å². The summed E-state index contributed by atoms with van der Waals surface area (Å²) in [6, 6.07) is 7.48. The van der Waals surface area contributed by atoms with Crippen molar-refractivity contribution in [1.82, 2.24) is 5.32 Å². The summed E-state index contributed by atoms with van der Waals surface area (Å²) in [4.78, 5) is 4.11. The number of hydrogen-bond donors (Lipinski definition) is 2. The molecule has 0 saturated carbocycles. The molecule has 3 nitrogen and oxygen atoms in total. The predicted molar refractivity (Wildman–Crippen MR) is 86.1 cm³/mol. The van der Waals surface area contributed by atoms with E-state index in [1.165, 1.54) is 0 Å². The Hall–Kier alpha value is -1.30. The Bertz CT molecular complexity index is 507. The van der Waals surface area contributed by atoms with Crippen molar-refractivity contribution < 1.29 is 0 Å². The van der Waals surface area contributed by atoms with Crippen molar-refractivity contribution in [3.63, 3.8) is 0 Å². The van der Waals surface area contributed by atoms with Gasteiger partial charge in [0.2, 0.25) is 0 Å². The van der Waals surface area contributed by atoms with Crippen molar-refractivity contribution in [2.45, 2.75) is 6.92 Å². The van der Waals surface area contributed by atoms with E-state index in [1.807, 2.05) is 43.3 Å². The Labute approximate surface area is 122 Å². The Balaban J connectivity index is 2.66. The van der Waals surface area contributed by atoms with Gasteiger partial charge in [0, 0.05) is 10.7 Å². The molecule has 1 rings (SSSR count). The lowest BCUT2D eigenvalue weighted by atomic mass is 10.2. The minimum absolute atomic E-state index is 0.109. The minimum atomic E-state index is 0.109. The predicted octanol–water partition coefficient (Wildman–Crippen LogP) is 2.93. The first-order chi connectivity index (χ1) is 8.47. The molecule has 0 amide bonds. The van der Waals surface area contributed by atoms with Crippen LogP contribution in [0.3, 0.4) is 0 Å². The van der Waals surface area contributed by atoms with Gasteiger partial charge < -0.3 is 11.1 Å². The lowest BCUT2D eigenvalue weighted by Crippen LogP contribution is -2.32. The van der Waals surface area contributed by atoms with E-state index in [1.54, 1.807) is 0 Å². The van der Waals surface area contributed by atoms with Crippen LogP contribution in [0.25, 0.3) is 6.08 Å². The van der Waals surface area contributed by atoms with E-state index in [2.05, 4.69) is 22.5 Å². The Kier molecular flexibility index (Phi) is 5.91. The summed E-state index contributed by atoms with van der Waals surface area (Å²) in [5.74, 6) is 0. The molecule has 0 aromatic heterocycles. The van der Waals surface area contributed by atoms with E-state index in [-0.39, 0.29) is 10.2 Å². The van der Waals surface area contributed by atoms with Crippen molar-refractivity contribution in [2.75, 3.05) is 0 Å². The quantitative estimate of drug-likeness (QED) is 0.651. The highest BCUT2D eigenvalue weighted by atomic mass is 35.5. The summed E-state index contributed by atoms with van der Waals surface area (Å²) >= 11 is 15.4. The summed E-state index contributed by atoms with van der Waals surface area (Å²) in [5.41, 5.74) is 7.06. The number of hydrogen-bond acceptors (Lipinski definition) is 2. The highest BCUT2D eigenvalue weighted by molar-refractivity contribution is 7.81. The molecule has 0 aliphatic heterocycles. The molecule has 94 valence electrons. The zero-order chi connectivity index (χ0) is 13.5. The summed E-state index contributed by atoms with van der Waals surface area (Å²) in [6.45, 7) is 1.83. The first kappa shape index (κ1) is 14.8. The van der Waals surface area contributed by atoms with Crippen LogP contribution in [0.4, 0.5) is 0 Å². The lowest BCUT2D eigenvalue weighted by Gasteiger charge is -2.00.